The number of nitrogens with one attached hydrogen (secondary N) is 2. The van der Waals surface area contributed by atoms with Crippen molar-refractivity contribution in [2.75, 3.05) is 5.75 Å². The molecule has 0 saturated heterocycles. The van der Waals surface area contributed by atoms with E-state index in [9.17, 15) is 13.2 Å². The smallest absolute Gasteiger partial charge is 0.295 e. The van der Waals surface area contributed by atoms with Crippen LogP contribution < -0.4 is 11.2 Å². The highest BCUT2D eigenvalue weighted by Gasteiger charge is 2.22. The van der Waals surface area contributed by atoms with E-state index in [2.05, 4.69) is 4.28 Å². The SMILES string of the molecule is N=C(N)NOS(=O)(=O)CC(=O)c1cc2c(-c3ccccc3Cl)cccc2s1. The first-order chi connectivity index (χ1) is 12.8. The lowest BCUT2D eigenvalue weighted by Gasteiger charge is -2.05. The van der Waals surface area contributed by atoms with Gasteiger partial charge in [-0.15, -0.1) is 15.6 Å². The van der Waals surface area contributed by atoms with E-state index in [0.717, 1.165) is 21.2 Å². The number of carbonyl (C=O) groups excluding carboxylic acids is 1. The first kappa shape index (κ1) is 19.3. The Morgan fingerprint density at radius 2 is 1.89 bits per heavy atom. The summed E-state index contributed by atoms with van der Waals surface area (Å²) in [6, 6.07) is 14.6. The minimum Gasteiger partial charge on any atom is -0.368 e. The molecule has 0 bridgehead atoms. The highest BCUT2D eigenvalue weighted by Crippen LogP contribution is 2.37. The van der Waals surface area contributed by atoms with Crippen LogP contribution >= 0.6 is 22.9 Å². The van der Waals surface area contributed by atoms with Crippen LogP contribution in [0.25, 0.3) is 21.2 Å². The zero-order valence-electron chi connectivity index (χ0n) is 13.7. The van der Waals surface area contributed by atoms with Gasteiger partial charge < -0.3 is 5.73 Å². The molecule has 0 aliphatic rings. The lowest BCUT2D eigenvalue weighted by Crippen LogP contribution is -2.34. The standard InChI is InChI=1S/C17H14ClN3O4S2/c18-13-6-2-1-4-11(13)10-5-3-7-15-12(10)8-16(26-15)14(22)9-27(23,24)25-21-17(19)20/h1-8H,9H2,(H4,19,20,21). The van der Waals surface area contributed by atoms with E-state index in [0.29, 0.717) is 5.02 Å². The third-order valence-corrected chi connectivity index (χ3v) is 6.01. The van der Waals surface area contributed by atoms with Crippen molar-refractivity contribution >= 4 is 54.9 Å². The molecule has 0 saturated carbocycles. The number of benzene rings is 2. The van der Waals surface area contributed by atoms with Gasteiger partial charge in [0.05, 0.1) is 4.88 Å². The van der Waals surface area contributed by atoms with Crippen molar-refractivity contribution in [1.82, 2.24) is 5.48 Å². The predicted octanol–water partition coefficient (Wildman–Crippen LogP) is 3.15. The van der Waals surface area contributed by atoms with Gasteiger partial charge in [-0.2, -0.15) is 8.42 Å². The van der Waals surface area contributed by atoms with Gasteiger partial charge in [-0.25, -0.2) is 5.48 Å². The van der Waals surface area contributed by atoms with Gasteiger partial charge in [0, 0.05) is 20.7 Å². The molecular weight excluding hydrogens is 410 g/mol. The number of guanidine groups is 1. The van der Waals surface area contributed by atoms with Gasteiger partial charge in [0.15, 0.2) is 5.78 Å². The Bertz CT molecular complexity index is 1140. The molecule has 10 heteroatoms. The number of thiophene rings is 1. The minimum absolute atomic E-state index is 0.277. The van der Waals surface area contributed by atoms with E-state index < -0.39 is 27.6 Å². The number of nitrogens with two attached hydrogens (primary N) is 1. The van der Waals surface area contributed by atoms with Crippen LogP contribution in [0.15, 0.2) is 48.5 Å². The summed E-state index contributed by atoms with van der Waals surface area (Å²) in [5.74, 6) is -2.18. The molecule has 0 unspecified atom stereocenters. The molecule has 3 aromatic rings. The molecule has 1 heterocycles. The number of hydrogen-bond donors (Lipinski definition) is 3. The van der Waals surface area contributed by atoms with Crippen molar-refractivity contribution in [2.24, 2.45) is 5.73 Å². The van der Waals surface area contributed by atoms with Crippen molar-refractivity contribution in [1.29, 1.82) is 5.41 Å². The summed E-state index contributed by atoms with van der Waals surface area (Å²) in [7, 11) is -4.23. The lowest BCUT2D eigenvalue weighted by atomic mass is 10.0. The van der Waals surface area contributed by atoms with Crippen LogP contribution in [-0.4, -0.2) is 25.9 Å². The topological polar surface area (TPSA) is 122 Å². The maximum Gasteiger partial charge on any atom is 0.295 e. The van der Waals surface area contributed by atoms with Gasteiger partial charge in [-0.3, -0.25) is 10.2 Å². The van der Waals surface area contributed by atoms with E-state index in [1.807, 2.05) is 36.4 Å². The van der Waals surface area contributed by atoms with Crippen LogP contribution in [0.3, 0.4) is 0 Å². The number of carbonyl (C=O) groups is 1. The third kappa shape index (κ3) is 4.45. The molecule has 0 aliphatic heterocycles. The van der Waals surface area contributed by atoms with Crippen molar-refractivity contribution in [3.8, 4) is 11.1 Å². The first-order valence-corrected chi connectivity index (χ1v) is 10.4. The second-order valence-electron chi connectivity index (χ2n) is 5.53. The number of ketones is 1. The summed E-state index contributed by atoms with van der Waals surface area (Å²) in [5.41, 5.74) is 8.36. The van der Waals surface area contributed by atoms with Gasteiger partial charge in [0.1, 0.15) is 5.75 Å². The normalized spacial score (nSPS) is 11.4. The monoisotopic (exact) mass is 423 g/mol. The molecule has 0 aliphatic carbocycles. The molecule has 0 spiro atoms. The molecule has 4 N–H and O–H groups in total. The van der Waals surface area contributed by atoms with E-state index in [1.165, 1.54) is 11.3 Å². The van der Waals surface area contributed by atoms with Crippen LogP contribution in [0.2, 0.25) is 5.02 Å². The van der Waals surface area contributed by atoms with E-state index in [1.54, 1.807) is 17.6 Å². The average Bonchev–Trinajstić information content (AvgIpc) is 3.05. The minimum atomic E-state index is -4.23. The van der Waals surface area contributed by atoms with Crippen molar-refractivity contribution in [3.05, 3.63) is 58.4 Å². The molecule has 0 amide bonds. The summed E-state index contributed by atoms with van der Waals surface area (Å²) in [6.07, 6.45) is 0. The molecule has 7 nitrogen and oxygen atoms in total. The molecule has 140 valence electrons. The fraction of sp³-hybridized carbons (Fsp3) is 0.0588. The number of Topliss-reactive ketones (excluding diaryl/α,β-unsaturated/α-hetero) is 1. The Labute approximate surface area is 164 Å². The highest BCUT2D eigenvalue weighted by molar-refractivity contribution is 7.87. The van der Waals surface area contributed by atoms with Crippen LogP contribution in [0, 0.1) is 5.41 Å². The fourth-order valence-corrected chi connectivity index (χ4v) is 4.59. The van der Waals surface area contributed by atoms with E-state index in [-0.39, 0.29) is 4.88 Å². The molecule has 0 atom stereocenters. The molecule has 1 aromatic heterocycles. The number of rotatable bonds is 6. The van der Waals surface area contributed by atoms with Crippen molar-refractivity contribution in [2.45, 2.75) is 0 Å². The van der Waals surface area contributed by atoms with Crippen LogP contribution in [0.1, 0.15) is 9.67 Å². The molecular formula is C17H14ClN3O4S2. The largest absolute Gasteiger partial charge is 0.368 e. The first-order valence-electron chi connectivity index (χ1n) is 7.59. The zero-order chi connectivity index (χ0) is 19.6. The summed E-state index contributed by atoms with van der Waals surface area (Å²) < 4.78 is 28.7. The number of halogens is 1. The Balaban J connectivity index is 1.93. The molecule has 3 rings (SSSR count). The summed E-state index contributed by atoms with van der Waals surface area (Å²) >= 11 is 7.47. The van der Waals surface area contributed by atoms with Crippen molar-refractivity contribution in [3.63, 3.8) is 0 Å². The van der Waals surface area contributed by atoms with Crippen molar-refractivity contribution < 1.29 is 17.5 Å². The number of fused-ring (bicyclic) bond motifs is 1. The van der Waals surface area contributed by atoms with Gasteiger partial charge >= 0.3 is 0 Å². The van der Waals surface area contributed by atoms with E-state index in [4.69, 9.17) is 22.7 Å². The van der Waals surface area contributed by atoms with Crippen LogP contribution in [-0.2, 0) is 14.4 Å². The Kier molecular flexibility index (Phi) is 5.47. The lowest BCUT2D eigenvalue weighted by molar-refractivity contribution is 0.102. The highest BCUT2D eigenvalue weighted by atomic mass is 35.5. The maximum absolute atomic E-state index is 12.4. The summed E-state index contributed by atoms with van der Waals surface area (Å²) in [6.45, 7) is 0. The van der Waals surface area contributed by atoms with Gasteiger partial charge in [0.2, 0.25) is 5.96 Å². The number of hydroxylamine groups is 1. The van der Waals surface area contributed by atoms with Crippen LogP contribution in [0.4, 0.5) is 0 Å². The van der Waals surface area contributed by atoms with E-state index >= 15 is 0 Å². The molecule has 2 aromatic carbocycles. The summed E-state index contributed by atoms with van der Waals surface area (Å²) in [5, 5.41) is 8.28. The second-order valence-corrected chi connectivity index (χ2v) is 8.59. The quantitative estimate of drug-likeness (QED) is 0.242. The fourth-order valence-electron chi connectivity index (χ4n) is 2.48. The molecule has 27 heavy (non-hydrogen) atoms. The molecule has 0 radical (unpaired) electrons. The predicted molar refractivity (Wildman–Crippen MR) is 107 cm³/mol. The van der Waals surface area contributed by atoms with Gasteiger partial charge in [0.25, 0.3) is 10.1 Å². The Morgan fingerprint density at radius 1 is 1.19 bits per heavy atom. The zero-order valence-corrected chi connectivity index (χ0v) is 16.1. The van der Waals surface area contributed by atoms with Crippen LogP contribution in [0.5, 0.6) is 0 Å². The van der Waals surface area contributed by atoms with Gasteiger partial charge in [-0.05, 0) is 23.8 Å². The second kappa shape index (κ2) is 7.65. The summed E-state index contributed by atoms with van der Waals surface area (Å²) in [4.78, 5) is 12.7. The number of hydrogen-bond acceptors (Lipinski definition) is 6. The third-order valence-electron chi connectivity index (χ3n) is 3.59. The van der Waals surface area contributed by atoms with Gasteiger partial charge in [-0.1, -0.05) is 41.9 Å². The Morgan fingerprint density at radius 3 is 2.59 bits per heavy atom. The maximum atomic E-state index is 12.4. The Hall–Kier alpha value is -2.46. The molecule has 0 fully saturated rings. The average molecular weight is 424 g/mol.